The van der Waals surface area contributed by atoms with E-state index in [0.29, 0.717) is 0 Å². The summed E-state index contributed by atoms with van der Waals surface area (Å²) in [5.74, 6) is -4.93. The average Bonchev–Trinajstić information content (AvgIpc) is 3.00. The molecule has 0 aliphatic carbocycles. The number of rotatable bonds is 18. The molecular weight excluding hydrogens is 755 g/mol. The summed E-state index contributed by atoms with van der Waals surface area (Å²) in [7, 11) is -5.44. The second-order valence-electron chi connectivity index (χ2n) is 12.7. The normalized spacial score (nSPS) is 30.1. The molecule has 8 N–H and O–H groups in total. The number of amides is 2. The Morgan fingerprint density at radius 1 is 0.704 bits per heavy atom. The van der Waals surface area contributed by atoms with Gasteiger partial charge < -0.3 is 74.0 Å². The zero-order valence-electron chi connectivity index (χ0n) is 30.3. The van der Waals surface area contributed by atoms with E-state index in [1.165, 1.54) is 20.8 Å². The van der Waals surface area contributed by atoms with Gasteiger partial charge in [0.2, 0.25) is 11.8 Å². The van der Waals surface area contributed by atoms with Crippen LogP contribution < -0.4 is 10.6 Å². The van der Waals surface area contributed by atoms with Crippen LogP contribution in [-0.4, -0.2) is 159 Å². The Hall–Kier alpha value is -3.35. The molecule has 2 fully saturated rings. The minimum absolute atomic E-state index is 0.364. The van der Waals surface area contributed by atoms with Crippen LogP contribution in [0.25, 0.3) is 0 Å². The Bertz CT molecular complexity index is 1360. The van der Waals surface area contributed by atoms with E-state index in [9.17, 15) is 63.5 Å². The number of hydrogen-bond donors (Lipinski definition) is 8. The Labute approximate surface area is 309 Å². The molecule has 0 aromatic rings. The summed E-state index contributed by atoms with van der Waals surface area (Å²) in [6, 6.07) is -3.33. The van der Waals surface area contributed by atoms with E-state index in [1.54, 1.807) is 0 Å². The highest BCUT2D eigenvalue weighted by Gasteiger charge is 2.53. The molecule has 0 saturated carbocycles. The molecule has 310 valence electrons. The number of aliphatic hydroxyl groups excluding tert-OH is 4. The highest BCUT2D eigenvalue weighted by Crippen LogP contribution is 2.42. The first-order chi connectivity index (χ1) is 25.0. The van der Waals surface area contributed by atoms with Crippen molar-refractivity contribution in [2.24, 2.45) is 0 Å². The molecule has 0 aromatic heterocycles. The van der Waals surface area contributed by atoms with Gasteiger partial charge in [0.15, 0.2) is 18.7 Å². The Kier molecular flexibility index (Phi) is 18.3. The van der Waals surface area contributed by atoms with E-state index in [2.05, 4.69) is 10.6 Å². The van der Waals surface area contributed by atoms with Crippen molar-refractivity contribution in [3.8, 4) is 0 Å². The third-order valence-corrected chi connectivity index (χ3v) is 8.17. The maximum atomic E-state index is 13.2. The van der Waals surface area contributed by atoms with Crippen molar-refractivity contribution in [1.29, 1.82) is 0 Å². The first-order valence-corrected chi connectivity index (χ1v) is 18.2. The Morgan fingerprint density at radius 3 is 1.65 bits per heavy atom. The van der Waals surface area contributed by atoms with Crippen LogP contribution in [0.15, 0.2) is 0 Å². The van der Waals surface area contributed by atoms with Crippen molar-refractivity contribution in [1.82, 2.24) is 10.6 Å². The lowest BCUT2D eigenvalue weighted by Gasteiger charge is -2.46. The average molecular weight is 805 g/mol. The van der Waals surface area contributed by atoms with E-state index in [4.69, 9.17) is 37.7 Å². The first-order valence-electron chi connectivity index (χ1n) is 16.6. The van der Waals surface area contributed by atoms with E-state index in [1.807, 2.05) is 0 Å². The molecule has 24 heteroatoms. The van der Waals surface area contributed by atoms with E-state index < -0.39 is 149 Å². The molecule has 0 radical (unpaired) electrons. The van der Waals surface area contributed by atoms with Crippen LogP contribution in [0, 0.1) is 0 Å². The van der Waals surface area contributed by atoms with Crippen LogP contribution in [0.5, 0.6) is 0 Å². The van der Waals surface area contributed by atoms with Crippen molar-refractivity contribution in [3.63, 3.8) is 0 Å². The molecule has 2 rings (SSSR count). The third kappa shape index (κ3) is 15.4. The van der Waals surface area contributed by atoms with Crippen LogP contribution in [0.3, 0.4) is 0 Å². The summed E-state index contributed by atoms with van der Waals surface area (Å²) < 4.78 is 53.9. The monoisotopic (exact) mass is 804 g/mol. The number of phosphoric acid groups is 1. The number of esters is 4. The first kappa shape index (κ1) is 46.8. The molecule has 4 unspecified atom stereocenters. The minimum Gasteiger partial charge on any atom is -0.462 e. The van der Waals surface area contributed by atoms with E-state index in [0.717, 1.165) is 20.8 Å². The van der Waals surface area contributed by atoms with Crippen molar-refractivity contribution < 1.29 is 101 Å². The number of nitrogens with one attached hydrogen (secondary N) is 2. The molecule has 0 spiro atoms. The molecule has 23 nitrogen and oxygen atoms in total. The summed E-state index contributed by atoms with van der Waals surface area (Å²) >= 11 is 0. The lowest BCUT2D eigenvalue weighted by atomic mass is 9.95. The predicted molar refractivity (Wildman–Crippen MR) is 173 cm³/mol. The lowest BCUT2D eigenvalue weighted by Crippen LogP contribution is -2.67. The maximum Gasteiger partial charge on any atom is 0.470 e. The van der Waals surface area contributed by atoms with Gasteiger partial charge in [0, 0.05) is 20.8 Å². The van der Waals surface area contributed by atoms with Gasteiger partial charge in [0.1, 0.15) is 60.9 Å². The molecule has 2 amide bonds. The van der Waals surface area contributed by atoms with Crippen LogP contribution in [0.1, 0.15) is 60.8 Å². The van der Waals surface area contributed by atoms with Crippen LogP contribution in [0.2, 0.25) is 0 Å². The van der Waals surface area contributed by atoms with Crippen LogP contribution in [0.4, 0.5) is 0 Å². The quantitative estimate of drug-likeness (QED) is 0.0379. The number of carbonyl (C=O) groups is 6. The van der Waals surface area contributed by atoms with Crippen LogP contribution >= 0.6 is 7.82 Å². The van der Waals surface area contributed by atoms with Gasteiger partial charge in [0.25, 0.3) is 0 Å². The van der Waals surface area contributed by atoms with E-state index in [-0.39, 0.29) is 6.42 Å². The fourth-order valence-corrected chi connectivity index (χ4v) is 6.20. The van der Waals surface area contributed by atoms with Crippen molar-refractivity contribution >= 4 is 43.5 Å². The molecule has 2 aliphatic rings. The number of carbonyl (C=O) groups excluding carboxylic acids is 6. The fraction of sp³-hybridized carbons (Fsp3) is 0.800. The zero-order valence-corrected chi connectivity index (χ0v) is 31.2. The molecule has 2 heterocycles. The second-order valence-corrected chi connectivity index (χ2v) is 13.9. The molecule has 2 saturated heterocycles. The SMILES string of the molecule is CC(=O)O[C@H](C)CC(=O)NC1[C@H](OCC2O[C@H](O)C(NC(=O)C[C@@H](C)OC(C)=O)[C@@H](O)[C@@H]2O)OC(CO)[C@@H](OP(=O)(O)O)[C@@H]1OC(=O)C[C@@H](C)OC(C)=O. The second kappa shape index (κ2) is 21.1. The highest BCUT2D eigenvalue weighted by molar-refractivity contribution is 7.46. The summed E-state index contributed by atoms with van der Waals surface area (Å²) in [4.78, 5) is 91.9. The zero-order chi connectivity index (χ0) is 41.1. The third-order valence-electron chi connectivity index (χ3n) is 7.65. The summed E-state index contributed by atoms with van der Waals surface area (Å²) in [6.45, 7) is 5.62. The van der Waals surface area contributed by atoms with E-state index >= 15 is 0 Å². The van der Waals surface area contributed by atoms with Crippen molar-refractivity contribution in [2.45, 2.75) is 140 Å². The fourth-order valence-electron chi connectivity index (χ4n) is 5.62. The van der Waals surface area contributed by atoms with Gasteiger partial charge in [-0.15, -0.1) is 0 Å². The largest absolute Gasteiger partial charge is 0.470 e. The van der Waals surface area contributed by atoms with Gasteiger partial charge in [-0.2, -0.15) is 0 Å². The molecule has 0 aromatic carbocycles. The number of hydrogen-bond acceptors (Lipinski definition) is 19. The molecule has 0 bridgehead atoms. The number of aliphatic hydroxyl groups is 4. The lowest BCUT2D eigenvalue weighted by molar-refractivity contribution is -0.297. The summed E-state index contributed by atoms with van der Waals surface area (Å²) in [6.07, 6.45) is -19.2. The van der Waals surface area contributed by atoms with Crippen molar-refractivity contribution in [3.05, 3.63) is 0 Å². The molecule has 13 atom stereocenters. The standard InChI is InChI=1S/C30H49N2O21P/c1-12(47-15(4)34)7-20(37)31-23-26(41)25(40)19(50-29(23)42)11-46-30-24(32-21(38)8-13(2)48-16(5)35)28(52-22(39)9-14(3)49-17(6)36)27(18(10-33)51-30)53-54(43,44)45/h12-14,18-19,23-30,33,40-42H,7-11H2,1-6H3,(H,31,37)(H,32,38)(H2,43,44,45)/t12-,13-,14-,18?,19?,23?,24?,25-,26-,27-,28-,29+,30-/m1/s1. The van der Waals surface area contributed by atoms with Gasteiger partial charge in [-0.25, -0.2) is 4.57 Å². The highest BCUT2D eigenvalue weighted by atomic mass is 31.2. The topological polar surface area (TPSA) is 339 Å². The molecular formula is C30H49N2O21P. The van der Waals surface area contributed by atoms with Gasteiger partial charge in [-0.05, 0) is 20.8 Å². The predicted octanol–water partition coefficient (Wildman–Crippen LogP) is -3.46. The summed E-state index contributed by atoms with van der Waals surface area (Å²) in [5, 5.41) is 47.1. The van der Waals surface area contributed by atoms with Crippen LogP contribution in [-0.2, 0) is 71.0 Å². The molecule has 2 aliphatic heterocycles. The summed E-state index contributed by atoms with van der Waals surface area (Å²) in [5.41, 5.74) is 0. The van der Waals surface area contributed by atoms with Gasteiger partial charge >= 0.3 is 31.7 Å². The smallest absolute Gasteiger partial charge is 0.462 e. The van der Waals surface area contributed by atoms with Gasteiger partial charge in [-0.3, -0.25) is 33.3 Å². The number of ether oxygens (including phenoxy) is 7. The Balaban J connectivity index is 2.39. The molecule has 54 heavy (non-hydrogen) atoms. The van der Waals surface area contributed by atoms with Gasteiger partial charge in [0.05, 0.1) is 32.5 Å². The van der Waals surface area contributed by atoms with Crippen molar-refractivity contribution in [2.75, 3.05) is 13.2 Å². The minimum atomic E-state index is -5.44. The van der Waals surface area contributed by atoms with Gasteiger partial charge in [-0.1, -0.05) is 0 Å². The maximum absolute atomic E-state index is 13.2. The Morgan fingerprint density at radius 2 is 1.19 bits per heavy atom. The number of phosphoric ester groups is 1.